The Labute approximate surface area is 243 Å². The van der Waals surface area contributed by atoms with E-state index in [2.05, 4.69) is 26.2 Å². The van der Waals surface area contributed by atoms with Crippen molar-refractivity contribution in [3.05, 3.63) is 0 Å². The van der Waals surface area contributed by atoms with Crippen molar-refractivity contribution in [2.24, 2.45) is 5.92 Å². The average Bonchev–Trinajstić information content (AvgIpc) is 2.92. The number of rotatable bonds is 34. The van der Waals surface area contributed by atoms with Crippen molar-refractivity contribution in [2.75, 3.05) is 13.6 Å². The highest BCUT2D eigenvalue weighted by Crippen LogP contribution is 2.20. The summed E-state index contributed by atoms with van der Waals surface area (Å²) < 4.78 is 0. The van der Waals surface area contributed by atoms with E-state index in [0.717, 1.165) is 5.92 Å². The molecule has 38 heavy (non-hydrogen) atoms. The fourth-order valence-corrected chi connectivity index (χ4v) is 6.25. The molecule has 1 atom stereocenters. The molecule has 0 radical (unpaired) electrons. The fraction of sp³-hybridized carbons (Fsp3) is 1.00. The monoisotopic (exact) mass is 536 g/mol. The predicted octanol–water partition coefficient (Wildman–Crippen LogP) is 13.3. The second kappa shape index (κ2) is 35.0. The largest absolute Gasteiger partial charge is 0.319 e. The van der Waals surface area contributed by atoms with Gasteiger partial charge in [-0.15, -0.1) is 0 Å². The van der Waals surface area contributed by atoms with Crippen molar-refractivity contribution in [1.29, 1.82) is 0 Å². The van der Waals surface area contributed by atoms with E-state index in [-0.39, 0.29) is 0 Å². The number of hydrogen-bond acceptors (Lipinski definition) is 1. The smallest absolute Gasteiger partial charge is 0.00235 e. The average molecular weight is 536 g/mol. The van der Waals surface area contributed by atoms with Gasteiger partial charge in [-0.05, 0) is 32.4 Å². The standard InChI is InChI=1S/C37H77N/c1-4-6-8-10-12-14-16-18-20-21-23-25-27-29-31-33-35-37(36-38-3)34-32-30-28-26-24-22-19-17-15-13-11-9-7-5-2/h37-38H,4-36H2,1-3H3. The van der Waals surface area contributed by atoms with E-state index < -0.39 is 0 Å². The molecule has 1 unspecified atom stereocenters. The van der Waals surface area contributed by atoms with Crippen molar-refractivity contribution < 1.29 is 0 Å². The normalized spacial score (nSPS) is 12.4. The first-order valence-electron chi connectivity index (χ1n) is 18.5. The Morgan fingerprint density at radius 3 is 0.737 bits per heavy atom. The van der Waals surface area contributed by atoms with Crippen molar-refractivity contribution in [3.8, 4) is 0 Å². The molecular weight excluding hydrogens is 458 g/mol. The van der Waals surface area contributed by atoms with E-state index >= 15 is 0 Å². The van der Waals surface area contributed by atoms with Gasteiger partial charge in [-0.2, -0.15) is 0 Å². The third-order valence-electron chi connectivity index (χ3n) is 8.92. The molecule has 0 rings (SSSR count). The first-order valence-corrected chi connectivity index (χ1v) is 18.5. The van der Waals surface area contributed by atoms with Crippen LogP contribution in [0.2, 0.25) is 0 Å². The van der Waals surface area contributed by atoms with Crippen LogP contribution in [0.1, 0.15) is 219 Å². The van der Waals surface area contributed by atoms with Crippen molar-refractivity contribution >= 4 is 0 Å². The molecule has 0 aliphatic rings. The minimum atomic E-state index is 0.920. The molecular formula is C37H77N. The zero-order valence-electron chi connectivity index (χ0n) is 27.4. The lowest BCUT2D eigenvalue weighted by molar-refractivity contribution is 0.390. The maximum Gasteiger partial charge on any atom is -0.00235 e. The van der Waals surface area contributed by atoms with Gasteiger partial charge in [0, 0.05) is 0 Å². The molecule has 0 aromatic rings. The van der Waals surface area contributed by atoms with Crippen LogP contribution in [0.25, 0.3) is 0 Å². The Bertz CT molecular complexity index is 392. The van der Waals surface area contributed by atoms with E-state index in [0.29, 0.717) is 0 Å². The molecule has 0 aromatic carbocycles. The Morgan fingerprint density at radius 1 is 0.316 bits per heavy atom. The molecule has 0 fully saturated rings. The predicted molar refractivity (Wildman–Crippen MR) is 177 cm³/mol. The van der Waals surface area contributed by atoms with Crippen molar-refractivity contribution in [3.63, 3.8) is 0 Å². The number of nitrogens with one attached hydrogen (secondary N) is 1. The minimum absolute atomic E-state index is 0.920. The molecule has 1 N–H and O–H groups in total. The molecule has 0 aliphatic carbocycles. The van der Waals surface area contributed by atoms with Gasteiger partial charge in [0.05, 0.1) is 0 Å². The van der Waals surface area contributed by atoms with Crippen molar-refractivity contribution in [1.82, 2.24) is 5.32 Å². The molecule has 0 heterocycles. The molecule has 1 nitrogen and oxygen atoms in total. The van der Waals surface area contributed by atoms with Crippen molar-refractivity contribution in [2.45, 2.75) is 219 Å². The lowest BCUT2D eigenvalue weighted by Crippen LogP contribution is -2.18. The minimum Gasteiger partial charge on any atom is -0.319 e. The molecule has 1 heteroatoms. The lowest BCUT2D eigenvalue weighted by Gasteiger charge is -2.16. The summed E-state index contributed by atoms with van der Waals surface area (Å²) in [5.41, 5.74) is 0. The van der Waals surface area contributed by atoms with Crippen LogP contribution >= 0.6 is 0 Å². The SMILES string of the molecule is CCCCCCCCCCCCCCCCCCC(CCCCCCCCCCCCCCCC)CNC. The lowest BCUT2D eigenvalue weighted by atomic mass is 9.94. The summed E-state index contributed by atoms with van der Waals surface area (Å²) in [6.07, 6.45) is 46.9. The summed E-state index contributed by atoms with van der Waals surface area (Å²) in [6, 6.07) is 0. The van der Waals surface area contributed by atoms with Gasteiger partial charge in [-0.1, -0.05) is 206 Å². The van der Waals surface area contributed by atoms with Crippen LogP contribution in [0.4, 0.5) is 0 Å². The second-order valence-corrected chi connectivity index (χ2v) is 12.9. The molecule has 0 bridgehead atoms. The van der Waals surface area contributed by atoms with Crippen LogP contribution in [0.5, 0.6) is 0 Å². The van der Waals surface area contributed by atoms with E-state index in [1.165, 1.54) is 212 Å². The molecule has 0 aliphatic heterocycles. The van der Waals surface area contributed by atoms with Gasteiger partial charge in [0.25, 0.3) is 0 Å². The maximum absolute atomic E-state index is 3.47. The topological polar surface area (TPSA) is 12.0 Å². The quantitative estimate of drug-likeness (QED) is 0.0808. The van der Waals surface area contributed by atoms with E-state index in [9.17, 15) is 0 Å². The van der Waals surface area contributed by atoms with Crippen LogP contribution in [0.15, 0.2) is 0 Å². The third kappa shape index (κ3) is 32.2. The Kier molecular flexibility index (Phi) is 35.0. The second-order valence-electron chi connectivity index (χ2n) is 12.9. The summed E-state index contributed by atoms with van der Waals surface area (Å²) in [5, 5.41) is 3.47. The van der Waals surface area contributed by atoms with E-state index in [4.69, 9.17) is 0 Å². The zero-order chi connectivity index (χ0) is 27.6. The fourth-order valence-electron chi connectivity index (χ4n) is 6.25. The highest BCUT2D eigenvalue weighted by Gasteiger charge is 2.07. The molecule has 0 saturated heterocycles. The van der Waals surface area contributed by atoms with Gasteiger partial charge >= 0.3 is 0 Å². The van der Waals surface area contributed by atoms with Crippen LogP contribution < -0.4 is 5.32 Å². The van der Waals surface area contributed by atoms with Crippen LogP contribution in [0, 0.1) is 5.92 Å². The summed E-state index contributed by atoms with van der Waals surface area (Å²) in [7, 11) is 2.14. The summed E-state index contributed by atoms with van der Waals surface area (Å²) in [6.45, 7) is 5.85. The summed E-state index contributed by atoms with van der Waals surface area (Å²) >= 11 is 0. The first-order chi connectivity index (χ1) is 18.8. The van der Waals surface area contributed by atoms with Crippen LogP contribution in [-0.4, -0.2) is 13.6 Å². The Balaban J connectivity index is 3.36. The van der Waals surface area contributed by atoms with Gasteiger partial charge in [0.2, 0.25) is 0 Å². The zero-order valence-corrected chi connectivity index (χ0v) is 27.4. The molecule has 0 saturated carbocycles. The Morgan fingerprint density at radius 2 is 0.526 bits per heavy atom. The highest BCUT2D eigenvalue weighted by molar-refractivity contribution is 4.63. The highest BCUT2D eigenvalue weighted by atomic mass is 14.8. The van der Waals surface area contributed by atoms with Gasteiger partial charge in [-0.3, -0.25) is 0 Å². The Hall–Kier alpha value is -0.0400. The van der Waals surface area contributed by atoms with Gasteiger partial charge in [0.1, 0.15) is 0 Å². The molecule has 0 aromatic heterocycles. The van der Waals surface area contributed by atoms with Gasteiger partial charge in [-0.25, -0.2) is 0 Å². The maximum atomic E-state index is 3.47. The van der Waals surface area contributed by atoms with Gasteiger partial charge < -0.3 is 5.32 Å². The molecule has 230 valence electrons. The van der Waals surface area contributed by atoms with E-state index in [1.807, 2.05) is 0 Å². The summed E-state index contributed by atoms with van der Waals surface area (Å²) in [5.74, 6) is 0.920. The first kappa shape index (κ1) is 38.0. The third-order valence-corrected chi connectivity index (χ3v) is 8.92. The number of unbranched alkanes of at least 4 members (excludes halogenated alkanes) is 28. The van der Waals surface area contributed by atoms with Crippen LogP contribution in [0.3, 0.4) is 0 Å². The molecule has 0 amide bonds. The van der Waals surface area contributed by atoms with E-state index in [1.54, 1.807) is 0 Å². The number of hydrogen-bond donors (Lipinski definition) is 1. The summed E-state index contributed by atoms with van der Waals surface area (Å²) in [4.78, 5) is 0. The molecule has 0 spiro atoms. The van der Waals surface area contributed by atoms with Gasteiger partial charge in [0.15, 0.2) is 0 Å². The van der Waals surface area contributed by atoms with Crippen LogP contribution in [-0.2, 0) is 0 Å².